The first-order valence-electron chi connectivity index (χ1n) is 10.6. The van der Waals surface area contributed by atoms with E-state index in [1.165, 1.54) is 30.3 Å². The summed E-state index contributed by atoms with van der Waals surface area (Å²) in [5.74, 6) is 0. The van der Waals surface area contributed by atoms with E-state index in [1.54, 1.807) is 0 Å². The topological polar surface area (TPSA) is 185 Å². The molecule has 13 nitrogen and oxygen atoms in total. The maximum Gasteiger partial charge on any atom is 0.289 e. The summed E-state index contributed by atoms with van der Waals surface area (Å²) in [6.07, 6.45) is 3.20. The van der Waals surface area contributed by atoms with Crippen molar-refractivity contribution in [1.29, 1.82) is 0 Å². The molecule has 2 aromatic carbocycles. The predicted molar refractivity (Wildman–Crippen MR) is 129 cm³/mol. The Balaban J connectivity index is 0.000000297. The lowest BCUT2D eigenvalue weighted by atomic mass is 10.2. The molecule has 0 bridgehead atoms. The number of hydrogen-bond donors (Lipinski definition) is 1. The molecule has 2 aromatic rings. The SMILES string of the molecule is O=[N+]([O-])c1ccccc1S(=O)(=O)Cl.O=[N+]([O-])c1ccccc1S(=O)(=O)NCCCOC1CCCCO1. The second-order valence-electron chi connectivity index (χ2n) is 7.31. The van der Waals surface area contributed by atoms with E-state index < -0.39 is 45.2 Å². The minimum atomic E-state index is -4.05. The van der Waals surface area contributed by atoms with Gasteiger partial charge in [0, 0.05) is 36.0 Å². The van der Waals surface area contributed by atoms with Crippen LogP contribution in [0.3, 0.4) is 0 Å². The maximum absolute atomic E-state index is 12.1. The fourth-order valence-electron chi connectivity index (χ4n) is 3.06. The van der Waals surface area contributed by atoms with Crippen LogP contribution in [0, 0.1) is 20.2 Å². The van der Waals surface area contributed by atoms with Gasteiger partial charge in [0.2, 0.25) is 10.0 Å². The van der Waals surface area contributed by atoms with E-state index in [4.69, 9.17) is 20.2 Å². The van der Waals surface area contributed by atoms with Gasteiger partial charge >= 0.3 is 0 Å². The second kappa shape index (κ2) is 13.6. The molecule has 1 fully saturated rings. The van der Waals surface area contributed by atoms with Crippen molar-refractivity contribution < 1.29 is 36.2 Å². The highest BCUT2D eigenvalue weighted by Crippen LogP contribution is 2.25. The Labute approximate surface area is 212 Å². The van der Waals surface area contributed by atoms with Crippen molar-refractivity contribution in [2.45, 2.75) is 41.8 Å². The summed E-state index contributed by atoms with van der Waals surface area (Å²) in [6, 6.07) is 10.1. The predicted octanol–water partition coefficient (Wildman–Crippen LogP) is 3.33. The van der Waals surface area contributed by atoms with Crippen LogP contribution in [0.15, 0.2) is 58.3 Å². The molecule has 0 radical (unpaired) electrons. The minimum absolute atomic E-state index is 0.140. The minimum Gasteiger partial charge on any atom is -0.353 e. The average molecular weight is 566 g/mol. The molecule has 36 heavy (non-hydrogen) atoms. The van der Waals surface area contributed by atoms with Gasteiger partial charge in [-0.1, -0.05) is 24.3 Å². The van der Waals surface area contributed by atoms with Crippen molar-refractivity contribution in [3.63, 3.8) is 0 Å². The smallest absolute Gasteiger partial charge is 0.289 e. The van der Waals surface area contributed by atoms with Crippen LogP contribution in [0.1, 0.15) is 25.7 Å². The number of rotatable bonds is 10. The third-order valence-corrected chi connectivity index (χ3v) is 7.61. The monoisotopic (exact) mass is 565 g/mol. The molecular formula is C20H24ClN3O10S2. The van der Waals surface area contributed by atoms with Gasteiger partial charge in [-0.05, 0) is 37.8 Å². The van der Waals surface area contributed by atoms with Crippen LogP contribution < -0.4 is 4.72 Å². The molecule has 1 atom stereocenters. The van der Waals surface area contributed by atoms with Crippen LogP contribution in [-0.4, -0.2) is 52.7 Å². The number of nitrogens with zero attached hydrogens (tertiary/aromatic N) is 2. The lowest BCUT2D eigenvalue weighted by Crippen LogP contribution is -2.27. The summed E-state index contributed by atoms with van der Waals surface area (Å²) < 4.78 is 59.2. The zero-order valence-electron chi connectivity index (χ0n) is 18.8. The average Bonchev–Trinajstić information content (AvgIpc) is 2.84. The molecule has 1 aliphatic rings. The number of sulfonamides is 1. The summed E-state index contributed by atoms with van der Waals surface area (Å²) in [7, 11) is -2.99. The first-order valence-corrected chi connectivity index (χ1v) is 14.4. The van der Waals surface area contributed by atoms with E-state index in [-0.39, 0.29) is 17.7 Å². The van der Waals surface area contributed by atoms with Gasteiger partial charge in [0.15, 0.2) is 16.1 Å². The lowest BCUT2D eigenvalue weighted by molar-refractivity contribution is -0.388. The van der Waals surface area contributed by atoms with Gasteiger partial charge in [-0.2, -0.15) is 0 Å². The number of ether oxygens (including phenoxy) is 2. The van der Waals surface area contributed by atoms with Crippen molar-refractivity contribution in [3.05, 3.63) is 68.8 Å². The van der Waals surface area contributed by atoms with Crippen molar-refractivity contribution in [3.8, 4) is 0 Å². The zero-order chi connectivity index (χ0) is 26.8. The third-order valence-electron chi connectivity index (χ3n) is 4.73. The van der Waals surface area contributed by atoms with Gasteiger partial charge < -0.3 is 9.47 Å². The fraction of sp³-hybridized carbons (Fsp3) is 0.400. The largest absolute Gasteiger partial charge is 0.353 e. The van der Waals surface area contributed by atoms with Crippen LogP contribution in [0.4, 0.5) is 11.4 Å². The van der Waals surface area contributed by atoms with Crippen molar-refractivity contribution in [2.24, 2.45) is 0 Å². The summed E-state index contributed by atoms with van der Waals surface area (Å²) in [6.45, 7) is 1.19. The molecule has 1 N–H and O–H groups in total. The number of hydrogen-bond acceptors (Lipinski definition) is 10. The number of nitro benzene ring substituents is 2. The van der Waals surface area contributed by atoms with Gasteiger partial charge in [0.25, 0.3) is 20.4 Å². The molecule has 1 unspecified atom stereocenters. The highest BCUT2D eigenvalue weighted by molar-refractivity contribution is 8.13. The third kappa shape index (κ3) is 9.07. The summed E-state index contributed by atoms with van der Waals surface area (Å²) >= 11 is 0. The molecule has 1 heterocycles. The molecule has 198 valence electrons. The molecule has 0 spiro atoms. The molecule has 16 heteroatoms. The quantitative estimate of drug-likeness (QED) is 0.194. The Bertz CT molecular complexity index is 1270. The molecule has 0 saturated carbocycles. The van der Waals surface area contributed by atoms with E-state index in [2.05, 4.69) is 4.72 Å². The van der Waals surface area contributed by atoms with Crippen molar-refractivity contribution in [1.82, 2.24) is 4.72 Å². The molecular weight excluding hydrogens is 542 g/mol. The van der Waals surface area contributed by atoms with Crippen molar-refractivity contribution in [2.75, 3.05) is 19.8 Å². The number of para-hydroxylation sites is 2. The van der Waals surface area contributed by atoms with Crippen LogP contribution in [0.5, 0.6) is 0 Å². The van der Waals surface area contributed by atoms with E-state index in [0.717, 1.165) is 37.5 Å². The van der Waals surface area contributed by atoms with Crippen molar-refractivity contribution >= 4 is 41.1 Å². The molecule has 0 aliphatic carbocycles. The first kappa shape index (κ1) is 29.5. The Morgan fingerprint density at radius 2 is 1.50 bits per heavy atom. The van der Waals surface area contributed by atoms with Gasteiger partial charge in [-0.15, -0.1) is 0 Å². The highest BCUT2D eigenvalue weighted by atomic mass is 35.7. The van der Waals surface area contributed by atoms with Crippen LogP contribution in [0.25, 0.3) is 0 Å². The number of benzene rings is 2. The van der Waals surface area contributed by atoms with E-state index >= 15 is 0 Å². The number of nitro groups is 2. The Morgan fingerprint density at radius 3 is 2.00 bits per heavy atom. The van der Waals surface area contributed by atoms with E-state index in [0.29, 0.717) is 19.6 Å². The summed E-state index contributed by atoms with van der Waals surface area (Å²) in [4.78, 5) is 18.9. The number of halogens is 1. The van der Waals surface area contributed by atoms with E-state index in [1.807, 2.05) is 0 Å². The van der Waals surface area contributed by atoms with Crippen LogP contribution in [-0.2, 0) is 28.5 Å². The molecule has 0 amide bonds. The van der Waals surface area contributed by atoms with Gasteiger partial charge in [0.1, 0.15) is 0 Å². The molecule has 0 aromatic heterocycles. The van der Waals surface area contributed by atoms with Gasteiger partial charge in [0.05, 0.1) is 16.5 Å². The Morgan fingerprint density at radius 1 is 0.944 bits per heavy atom. The highest BCUT2D eigenvalue weighted by Gasteiger charge is 2.25. The zero-order valence-corrected chi connectivity index (χ0v) is 21.2. The van der Waals surface area contributed by atoms with Gasteiger partial charge in [-0.3, -0.25) is 20.2 Å². The summed E-state index contributed by atoms with van der Waals surface area (Å²) in [5.41, 5.74) is -0.954. The fourth-order valence-corrected chi connectivity index (χ4v) is 5.33. The van der Waals surface area contributed by atoms with Crippen LogP contribution in [0.2, 0.25) is 0 Å². The number of nitrogens with one attached hydrogen (secondary N) is 1. The molecule has 1 aliphatic heterocycles. The molecule has 3 rings (SSSR count). The van der Waals surface area contributed by atoms with Crippen LogP contribution >= 0.6 is 10.7 Å². The van der Waals surface area contributed by atoms with E-state index in [9.17, 15) is 37.1 Å². The lowest BCUT2D eigenvalue weighted by Gasteiger charge is -2.22. The normalized spacial score (nSPS) is 16.0. The maximum atomic E-state index is 12.1. The Hall–Kier alpha value is -2.69. The van der Waals surface area contributed by atoms with Gasteiger partial charge in [-0.25, -0.2) is 21.6 Å². The second-order valence-corrected chi connectivity index (χ2v) is 11.6. The standard InChI is InChI=1S/C14H20N2O6S.C6H4ClNO4S/c17-16(18)12-6-1-2-7-13(12)23(19,20)15-9-5-11-22-14-8-3-4-10-21-14;7-13(11,12)6-4-2-1-3-5(6)8(9)10/h1-2,6-7,14-15H,3-5,8-11H2;1-4H. The molecule has 1 saturated heterocycles. The Kier molecular flexibility index (Phi) is 11.1. The first-order chi connectivity index (χ1) is 16.9. The summed E-state index contributed by atoms with van der Waals surface area (Å²) in [5, 5.41) is 21.3.